The first-order chi connectivity index (χ1) is 14.5. The Morgan fingerprint density at radius 3 is 2.33 bits per heavy atom. The topological polar surface area (TPSA) is 43.2 Å². The van der Waals surface area contributed by atoms with Crippen molar-refractivity contribution in [3.63, 3.8) is 0 Å². The molecule has 0 bridgehead atoms. The summed E-state index contributed by atoms with van der Waals surface area (Å²) in [6, 6.07) is 8.46. The van der Waals surface area contributed by atoms with E-state index in [1.54, 1.807) is 0 Å². The Bertz CT molecular complexity index is 1040. The largest absolute Gasteiger partial charge is 0.484 e. The molecule has 1 aromatic carbocycles. The summed E-state index contributed by atoms with van der Waals surface area (Å²) in [5.41, 5.74) is 3.28. The van der Waals surface area contributed by atoms with Gasteiger partial charge in [0.2, 0.25) is 0 Å². The molecule has 0 amide bonds. The zero-order valence-corrected chi connectivity index (χ0v) is 19.4. The normalized spacial score (nSPS) is 21.7. The van der Waals surface area contributed by atoms with Crippen molar-refractivity contribution in [3.8, 4) is 11.4 Å². The van der Waals surface area contributed by atoms with Crippen LogP contribution in [0.15, 0.2) is 24.3 Å². The molecule has 0 spiro atoms. The summed E-state index contributed by atoms with van der Waals surface area (Å²) < 4.78 is 10.2. The van der Waals surface area contributed by atoms with E-state index >= 15 is 0 Å². The molecule has 1 saturated heterocycles. The molecule has 1 aliphatic carbocycles. The van der Waals surface area contributed by atoms with Crippen LogP contribution < -0.4 is 4.74 Å². The molecule has 3 aromatic rings. The van der Waals surface area contributed by atoms with Crippen molar-refractivity contribution in [3.05, 3.63) is 55.7 Å². The first kappa shape index (κ1) is 20.3. The summed E-state index contributed by atoms with van der Waals surface area (Å²) in [5, 5.41) is 8.30. The van der Waals surface area contributed by atoms with Crippen LogP contribution in [0.3, 0.4) is 0 Å². The van der Waals surface area contributed by atoms with Crippen LogP contribution in [0, 0.1) is 13.8 Å². The number of nitrogens with zero attached hydrogens (tertiary/aromatic N) is 4. The molecule has 1 fully saturated rings. The number of aryl methyl sites for hydroxylation is 2. The monoisotopic (exact) mass is 462 g/mol. The number of halogens is 2. The second kappa shape index (κ2) is 8.15. The van der Waals surface area contributed by atoms with Crippen molar-refractivity contribution >= 4 is 34.5 Å². The minimum Gasteiger partial charge on any atom is -0.484 e. The van der Waals surface area contributed by atoms with Gasteiger partial charge in [0.25, 0.3) is 0 Å². The fourth-order valence-electron chi connectivity index (χ4n) is 4.82. The number of hydrogen-bond acceptors (Lipinski definition) is 5. The number of thiophene rings is 1. The predicted molar refractivity (Wildman–Crippen MR) is 121 cm³/mol. The van der Waals surface area contributed by atoms with E-state index in [1.807, 2.05) is 30.5 Å². The SMILES string of the molecule is Cc1nnc(C)n1-c1ccc(OC2c3c(Cl)sc(Cl)c3CCC2N2CCCC2)cc1. The van der Waals surface area contributed by atoms with E-state index in [4.69, 9.17) is 27.9 Å². The van der Waals surface area contributed by atoms with Gasteiger partial charge >= 0.3 is 0 Å². The highest BCUT2D eigenvalue weighted by Crippen LogP contribution is 2.48. The summed E-state index contributed by atoms with van der Waals surface area (Å²) in [4.78, 5) is 2.56. The van der Waals surface area contributed by atoms with Crippen LogP contribution >= 0.6 is 34.5 Å². The first-order valence-corrected chi connectivity index (χ1v) is 12.0. The van der Waals surface area contributed by atoms with Crippen LogP contribution in [0.25, 0.3) is 5.69 Å². The number of benzene rings is 1. The predicted octanol–water partition coefficient (Wildman–Crippen LogP) is 5.78. The average molecular weight is 463 g/mol. The lowest BCUT2D eigenvalue weighted by Crippen LogP contribution is -2.42. The van der Waals surface area contributed by atoms with Gasteiger partial charge in [0.05, 0.1) is 10.4 Å². The van der Waals surface area contributed by atoms with Gasteiger partial charge in [-0.25, -0.2) is 0 Å². The maximum Gasteiger partial charge on any atom is 0.142 e. The quantitative estimate of drug-likeness (QED) is 0.492. The third-order valence-corrected chi connectivity index (χ3v) is 7.95. The van der Waals surface area contributed by atoms with Gasteiger partial charge in [0.1, 0.15) is 27.8 Å². The van der Waals surface area contributed by atoms with Crippen molar-refractivity contribution in [2.45, 2.75) is 51.7 Å². The molecule has 5 rings (SSSR count). The second-order valence-corrected chi connectivity index (χ2v) is 10.3. The maximum absolute atomic E-state index is 6.64. The van der Waals surface area contributed by atoms with E-state index in [9.17, 15) is 0 Å². The Morgan fingerprint density at radius 2 is 1.67 bits per heavy atom. The Kier molecular flexibility index (Phi) is 5.52. The van der Waals surface area contributed by atoms with Crippen molar-refractivity contribution in [2.75, 3.05) is 13.1 Å². The van der Waals surface area contributed by atoms with E-state index in [0.717, 1.165) is 63.3 Å². The van der Waals surface area contributed by atoms with E-state index in [1.165, 1.54) is 29.7 Å². The number of aromatic nitrogens is 3. The van der Waals surface area contributed by atoms with Crippen LogP contribution in [-0.2, 0) is 6.42 Å². The van der Waals surface area contributed by atoms with Gasteiger partial charge < -0.3 is 4.74 Å². The number of ether oxygens (including phenoxy) is 1. The number of fused-ring (bicyclic) bond motifs is 1. The molecule has 2 atom stereocenters. The third kappa shape index (κ3) is 3.54. The van der Waals surface area contributed by atoms with E-state index in [-0.39, 0.29) is 6.10 Å². The lowest BCUT2D eigenvalue weighted by molar-refractivity contribution is 0.0677. The summed E-state index contributed by atoms with van der Waals surface area (Å²) in [5.74, 6) is 2.57. The molecule has 1 aliphatic heterocycles. The third-order valence-electron chi connectivity index (χ3n) is 6.23. The van der Waals surface area contributed by atoms with Gasteiger partial charge in [-0.3, -0.25) is 9.47 Å². The first-order valence-electron chi connectivity index (χ1n) is 10.4. The van der Waals surface area contributed by atoms with Crippen molar-refractivity contribution < 1.29 is 4.74 Å². The summed E-state index contributed by atoms with van der Waals surface area (Å²) >= 11 is 14.6. The summed E-state index contributed by atoms with van der Waals surface area (Å²) in [7, 11) is 0. The van der Waals surface area contributed by atoms with Gasteiger partial charge in [-0.15, -0.1) is 21.5 Å². The van der Waals surface area contributed by atoms with Gasteiger partial charge in [0, 0.05) is 11.3 Å². The summed E-state index contributed by atoms with van der Waals surface area (Å²) in [6.45, 7) is 6.16. The highest BCUT2D eigenvalue weighted by Gasteiger charge is 2.39. The fourth-order valence-corrected chi connectivity index (χ4v) is 6.66. The molecule has 8 heteroatoms. The van der Waals surface area contributed by atoms with Crippen LogP contribution in [0.1, 0.15) is 48.1 Å². The maximum atomic E-state index is 6.64. The fraction of sp³-hybridized carbons (Fsp3) is 0.455. The lowest BCUT2D eigenvalue weighted by Gasteiger charge is -2.38. The number of rotatable bonds is 4. The summed E-state index contributed by atoms with van der Waals surface area (Å²) in [6.07, 6.45) is 4.40. The highest BCUT2D eigenvalue weighted by molar-refractivity contribution is 7.20. The molecule has 2 aromatic heterocycles. The second-order valence-electron chi connectivity index (χ2n) is 8.05. The molecule has 3 heterocycles. The van der Waals surface area contributed by atoms with Crippen LogP contribution in [0.4, 0.5) is 0 Å². The van der Waals surface area contributed by atoms with Crippen molar-refractivity contribution in [1.82, 2.24) is 19.7 Å². The molecule has 0 N–H and O–H groups in total. The van der Waals surface area contributed by atoms with Crippen molar-refractivity contribution in [1.29, 1.82) is 0 Å². The molecule has 5 nitrogen and oxygen atoms in total. The van der Waals surface area contributed by atoms with Gasteiger partial charge in [-0.1, -0.05) is 23.2 Å². The molecule has 2 unspecified atom stereocenters. The molecule has 158 valence electrons. The van der Waals surface area contributed by atoms with Crippen LogP contribution in [0.2, 0.25) is 8.67 Å². The molecule has 0 saturated carbocycles. The zero-order valence-electron chi connectivity index (χ0n) is 17.1. The highest BCUT2D eigenvalue weighted by atomic mass is 35.5. The Hall–Kier alpha value is -1.60. The average Bonchev–Trinajstić information content (AvgIpc) is 3.44. The molecule has 30 heavy (non-hydrogen) atoms. The minimum atomic E-state index is -0.104. The molecular weight excluding hydrogens is 439 g/mol. The number of likely N-dealkylation sites (tertiary alicyclic amines) is 1. The van der Waals surface area contributed by atoms with Gasteiger partial charge in [-0.2, -0.15) is 0 Å². The Balaban J connectivity index is 1.46. The molecule has 2 aliphatic rings. The number of hydrogen-bond donors (Lipinski definition) is 0. The molecular formula is C22H24Cl2N4OS. The Labute approximate surface area is 190 Å². The van der Waals surface area contributed by atoms with E-state index in [0.29, 0.717) is 6.04 Å². The van der Waals surface area contributed by atoms with E-state index in [2.05, 4.69) is 27.2 Å². The van der Waals surface area contributed by atoms with E-state index < -0.39 is 0 Å². The lowest BCUT2D eigenvalue weighted by atomic mass is 9.87. The minimum absolute atomic E-state index is 0.104. The van der Waals surface area contributed by atoms with Crippen LogP contribution in [0.5, 0.6) is 5.75 Å². The molecule has 0 radical (unpaired) electrons. The van der Waals surface area contributed by atoms with Gasteiger partial charge in [-0.05, 0) is 82.4 Å². The van der Waals surface area contributed by atoms with Gasteiger partial charge in [0.15, 0.2) is 0 Å². The van der Waals surface area contributed by atoms with Crippen LogP contribution in [-0.4, -0.2) is 38.8 Å². The standard InChI is InChI=1S/C22H24Cl2N4OS/c1-13-25-26-14(2)28(13)15-5-7-16(8-6-15)29-20-18(27-11-3-4-12-27)10-9-17-19(20)22(24)30-21(17)23/h5-8,18,20H,3-4,9-12H2,1-2H3. The smallest absolute Gasteiger partial charge is 0.142 e. The zero-order chi connectivity index (χ0) is 20.8. The van der Waals surface area contributed by atoms with Crippen molar-refractivity contribution in [2.24, 2.45) is 0 Å². The Morgan fingerprint density at radius 1 is 1.00 bits per heavy atom.